The minimum Gasteiger partial charge on any atom is -0.370 e. The normalized spacial score (nSPS) is 23.6. The van der Waals surface area contributed by atoms with E-state index in [1.54, 1.807) is 6.20 Å². The van der Waals surface area contributed by atoms with E-state index in [-0.39, 0.29) is 16.9 Å². The minimum atomic E-state index is -2.98. The third-order valence-corrected chi connectivity index (χ3v) is 9.99. The van der Waals surface area contributed by atoms with Crippen LogP contribution in [0.5, 0.6) is 0 Å². The molecule has 0 radical (unpaired) electrons. The fourth-order valence-electron chi connectivity index (χ4n) is 3.61. The summed E-state index contributed by atoms with van der Waals surface area (Å²) in [6.07, 6.45) is 1.80. The molecule has 1 atom stereocenters. The average molecular weight is 557 g/mol. The number of anilines is 1. The van der Waals surface area contributed by atoms with Gasteiger partial charge in [0.05, 0.1) is 11.0 Å². The fraction of sp³-hybridized carbons (Fsp3) is 0.438. The van der Waals surface area contributed by atoms with Gasteiger partial charge in [-0.1, -0.05) is 11.6 Å². The molecule has 0 aliphatic carbocycles. The second kappa shape index (κ2) is 6.78. The van der Waals surface area contributed by atoms with Gasteiger partial charge in [-0.25, -0.2) is 13.4 Å². The zero-order chi connectivity index (χ0) is 17.8. The first-order valence-electron chi connectivity index (χ1n) is 7.97. The van der Waals surface area contributed by atoms with Crippen molar-refractivity contribution < 1.29 is 8.42 Å². The van der Waals surface area contributed by atoms with Crippen molar-refractivity contribution in [3.8, 4) is 0 Å². The molecule has 2 fully saturated rings. The van der Waals surface area contributed by atoms with E-state index < -0.39 is 9.84 Å². The number of nitrogens with one attached hydrogen (secondary N) is 1. The monoisotopic (exact) mass is 555 g/mol. The molecular weight excluding hydrogens is 541 g/mol. The lowest BCUT2D eigenvalue weighted by atomic mass is 9.94. The molecule has 9 heteroatoms. The maximum Gasteiger partial charge on any atom is 0.156 e. The SMILES string of the molecule is O=S1(=O)CCNCC1C1CN(c2cc(Br)c(I)c3cc(Cl)ncc23)C1. The number of pyridine rings is 1. The number of aromatic nitrogens is 1. The summed E-state index contributed by atoms with van der Waals surface area (Å²) in [5.41, 5.74) is 1.07. The Kier molecular flexibility index (Phi) is 4.94. The van der Waals surface area contributed by atoms with Gasteiger partial charge in [-0.15, -0.1) is 0 Å². The highest BCUT2D eigenvalue weighted by Gasteiger charge is 2.42. The summed E-state index contributed by atoms with van der Waals surface area (Å²) in [4.78, 5) is 6.46. The van der Waals surface area contributed by atoms with E-state index in [2.05, 4.69) is 59.8 Å². The van der Waals surface area contributed by atoms with Gasteiger partial charge in [-0.2, -0.15) is 0 Å². The van der Waals surface area contributed by atoms with Crippen LogP contribution in [-0.4, -0.2) is 50.6 Å². The number of hydrogen-bond donors (Lipinski definition) is 1. The molecule has 1 unspecified atom stereocenters. The molecule has 0 spiro atoms. The lowest BCUT2D eigenvalue weighted by molar-refractivity contribution is 0.368. The van der Waals surface area contributed by atoms with Crippen molar-refractivity contribution in [3.05, 3.63) is 31.5 Å². The molecule has 2 aromatic rings. The molecule has 2 saturated heterocycles. The van der Waals surface area contributed by atoms with Gasteiger partial charge in [0.2, 0.25) is 0 Å². The highest BCUT2D eigenvalue weighted by atomic mass is 127. The topological polar surface area (TPSA) is 62.3 Å². The number of sulfone groups is 1. The Labute approximate surface area is 173 Å². The van der Waals surface area contributed by atoms with Gasteiger partial charge in [0.25, 0.3) is 0 Å². The van der Waals surface area contributed by atoms with Crippen LogP contribution >= 0.6 is 50.1 Å². The molecule has 134 valence electrons. The van der Waals surface area contributed by atoms with Gasteiger partial charge < -0.3 is 10.2 Å². The van der Waals surface area contributed by atoms with Crippen molar-refractivity contribution in [1.82, 2.24) is 10.3 Å². The highest BCUT2D eigenvalue weighted by Crippen LogP contribution is 2.40. The van der Waals surface area contributed by atoms with Crippen molar-refractivity contribution in [2.45, 2.75) is 5.25 Å². The van der Waals surface area contributed by atoms with Crippen molar-refractivity contribution in [1.29, 1.82) is 0 Å². The number of halogens is 3. The van der Waals surface area contributed by atoms with Crippen molar-refractivity contribution in [2.24, 2.45) is 5.92 Å². The largest absolute Gasteiger partial charge is 0.370 e. The Morgan fingerprint density at radius 3 is 2.80 bits per heavy atom. The molecule has 0 amide bonds. The second-order valence-electron chi connectivity index (χ2n) is 6.52. The molecule has 5 nitrogen and oxygen atoms in total. The molecule has 1 aromatic heterocycles. The van der Waals surface area contributed by atoms with Gasteiger partial charge in [-0.3, -0.25) is 0 Å². The van der Waals surface area contributed by atoms with Crippen LogP contribution in [0, 0.1) is 9.49 Å². The lowest BCUT2D eigenvalue weighted by Gasteiger charge is -2.46. The summed E-state index contributed by atoms with van der Waals surface area (Å²) >= 11 is 12.0. The van der Waals surface area contributed by atoms with Crippen molar-refractivity contribution in [3.63, 3.8) is 0 Å². The Morgan fingerprint density at radius 1 is 1.32 bits per heavy atom. The summed E-state index contributed by atoms with van der Waals surface area (Å²) in [7, 11) is -2.98. The number of benzene rings is 1. The van der Waals surface area contributed by atoms with Gasteiger partial charge in [0.15, 0.2) is 9.84 Å². The summed E-state index contributed by atoms with van der Waals surface area (Å²) in [5, 5.41) is 5.51. The van der Waals surface area contributed by atoms with Crippen LogP contribution in [0.1, 0.15) is 0 Å². The summed E-state index contributed by atoms with van der Waals surface area (Å²) in [6.45, 7) is 2.62. The van der Waals surface area contributed by atoms with Crippen molar-refractivity contribution in [2.75, 3.05) is 36.8 Å². The summed E-state index contributed by atoms with van der Waals surface area (Å²) in [5.74, 6) is 0.417. The predicted octanol–water partition coefficient (Wildman–Crippen LogP) is 3.08. The van der Waals surface area contributed by atoms with E-state index in [1.165, 1.54) is 0 Å². The number of nitrogens with zero attached hydrogens (tertiary/aromatic N) is 2. The highest BCUT2D eigenvalue weighted by molar-refractivity contribution is 14.1. The Morgan fingerprint density at radius 2 is 2.08 bits per heavy atom. The number of rotatable bonds is 2. The Bertz CT molecular complexity index is 950. The fourth-order valence-corrected chi connectivity index (χ4v) is 6.66. The standard InChI is InChI=1S/C16H16BrClIN3O2S/c17-12-4-13(11-5-21-15(18)3-10(11)16(12)19)22-7-9(8-22)14-6-20-1-2-25(14,23)24/h3-5,9,14,20H,1-2,6-8H2. The third-order valence-electron chi connectivity index (χ3n) is 5.00. The molecule has 1 N–H and O–H groups in total. The molecule has 2 aliphatic heterocycles. The van der Waals surface area contributed by atoms with E-state index >= 15 is 0 Å². The lowest BCUT2D eigenvalue weighted by Crippen LogP contribution is -2.59. The van der Waals surface area contributed by atoms with Gasteiger partial charge in [0, 0.05) is 62.8 Å². The average Bonchev–Trinajstić information content (AvgIpc) is 2.52. The molecule has 3 heterocycles. The predicted molar refractivity (Wildman–Crippen MR) is 113 cm³/mol. The van der Waals surface area contributed by atoms with E-state index in [0.29, 0.717) is 18.2 Å². The van der Waals surface area contributed by atoms with Gasteiger partial charge in [-0.05, 0) is 50.7 Å². The van der Waals surface area contributed by atoms with E-state index in [0.717, 1.165) is 37.6 Å². The molecule has 1 aromatic carbocycles. The minimum absolute atomic E-state index is 0.172. The van der Waals surface area contributed by atoms with E-state index in [1.807, 2.05) is 6.07 Å². The van der Waals surface area contributed by atoms with Crippen molar-refractivity contribution >= 4 is 76.4 Å². The molecule has 2 aliphatic rings. The van der Waals surface area contributed by atoms with Crippen LogP contribution in [0.25, 0.3) is 10.8 Å². The Balaban J connectivity index is 1.63. The second-order valence-corrected chi connectivity index (χ2v) is 11.2. The molecule has 0 bridgehead atoms. The smallest absolute Gasteiger partial charge is 0.156 e. The summed E-state index contributed by atoms with van der Waals surface area (Å²) in [6, 6.07) is 3.96. The quantitative estimate of drug-likeness (QED) is 0.455. The van der Waals surface area contributed by atoms with Gasteiger partial charge in [0.1, 0.15) is 5.15 Å². The first-order chi connectivity index (χ1) is 11.9. The summed E-state index contributed by atoms with van der Waals surface area (Å²) < 4.78 is 26.7. The zero-order valence-corrected chi connectivity index (χ0v) is 18.5. The van der Waals surface area contributed by atoms with E-state index in [9.17, 15) is 8.42 Å². The molecule has 0 saturated carbocycles. The first kappa shape index (κ1) is 18.2. The maximum absolute atomic E-state index is 12.3. The third kappa shape index (κ3) is 3.28. The Hall–Kier alpha value is -0.160. The zero-order valence-electron chi connectivity index (χ0n) is 13.2. The van der Waals surface area contributed by atoms with Crippen LogP contribution in [0.15, 0.2) is 22.8 Å². The number of fused-ring (bicyclic) bond motifs is 1. The van der Waals surface area contributed by atoms with Crippen LogP contribution in [-0.2, 0) is 9.84 Å². The van der Waals surface area contributed by atoms with E-state index in [4.69, 9.17) is 11.6 Å². The van der Waals surface area contributed by atoms with Crippen LogP contribution < -0.4 is 10.2 Å². The van der Waals surface area contributed by atoms with Gasteiger partial charge >= 0.3 is 0 Å². The number of hydrogen-bond acceptors (Lipinski definition) is 5. The maximum atomic E-state index is 12.3. The first-order valence-corrected chi connectivity index (χ1v) is 11.9. The van der Waals surface area contributed by atoms with Crippen LogP contribution in [0.4, 0.5) is 5.69 Å². The molecule has 25 heavy (non-hydrogen) atoms. The van der Waals surface area contributed by atoms with Crippen LogP contribution in [0.3, 0.4) is 0 Å². The van der Waals surface area contributed by atoms with Crippen LogP contribution in [0.2, 0.25) is 5.15 Å². The molecule has 4 rings (SSSR count). The molecular formula is C16H16BrClIN3O2S.